The first-order valence-electron chi connectivity index (χ1n) is 9.11. The molecule has 3 fully saturated rings. The van der Waals surface area contributed by atoms with Gasteiger partial charge in [-0.05, 0) is 49.8 Å². The molecule has 2 saturated heterocycles. The number of carbonyl (C=O) groups excluding carboxylic acids is 1. The average Bonchev–Trinajstić information content (AvgIpc) is 3.20. The molecule has 1 aromatic rings. The molecule has 136 valence electrons. The lowest BCUT2D eigenvalue weighted by atomic mass is 9.81. The van der Waals surface area contributed by atoms with Crippen LogP contribution in [-0.4, -0.2) is 47.3 Å². The third-order valence-corrected chi connectivity index (χ3v) is 6.11. The SMILES string of the molecule is O=C(Nc1cccc(Cl)c1)N1CCC2NNC(C3CCC(O)C3)C2C1. The number of nitrogens with zero attached hydrogens (tertiary/aromatic N) is 1. The van der Waals surface area contributed by atoms with E-state index in [1.54, 1.807) is 12.1 Å². The Morgan fingerprint density at radius 1 is 1.28 bits per heavy atom. The molecule has 0 spiro atoms. The van der Waals surface area contributed by atoms with Gasteiger partial charge in [0.2, 0.25) is 0 Å². The Balaban J connectivity index is 1.40. The van der Waals surface area contributed by atoms with Crippen LogP contribution in [-0.2, 0) is 0 Å². The molecule has 2 heterocycles. The van der Waals surface area contributed by atoms with Gasteiger partial charge in [0, 0.05) is 41.8 Å². The van der Waals surface area contributed by atoms with Crippen molar-refractivity contribution in [2.75, 3.05) is 18.4 Å². The summed E-state index contributed by atoms with van der Waals surface area (Å²) in [6.45, 7) is 1.47. The van der Waals surface area contributed by atoms with Crippen molar-refractivity contribution in [3.63, 3.8) is 0 Å². The van der Waals surface area contributed by atoms with E-state index in [9.17, 15) is 9.90 Å². The van der Waals surface area contributed by atoms with Crippen molar-refractivity contribution in [2.24, 2.45) is 11.8 Å². The number of anilines is 1. The monoisotopic (exact) mass is 364 g/mol. The highest BCUT2D eigenvalue weighted by atomic mass is 35.5. The van der Waals surface area contributed by atoms with Crippen molar-refractivity contribution >= 4 is 23.3 Å². The maximum Gasteiger partial charge on any atom is 0.321 e. The Kier molecular flexibility index (Phi) is 4.86. The lowest BCUT2D eigenvalue weighted by Crippen LogP contribution is -2.50. The highest BCUT2D eigenvalue weighted by Gasteiger charge is 2.45. The van der Waals surface area contributed by atoms with E-state index >= 15 is 0 Å². The van der Waals surface area contributed by atoms with Gasteiger partial charge in [-0.3, -0.25) is 10.9 Å². The number of benzene rings is 1. The van der Waals surface area contributed by atoms with Gasteiger partial charge in [0.15, 0.2) is 0 Å². The maximum absolute atomic E-state index is 12.6. The van der Waals surface area contributed by atoms with E-state index in [1.165, 1.54) is 0 Å². The molecule has 2 amide bonds. The predicted octanol–water partition coefficient (Wildman–Crippen LogP) is 2.20. The second-order valence-electron chi connectivity index (χ2n) is 7.49. The van der Waals surface area contributed by atoms with Crippen molar-refractivity contribution in [1.29, 1.82) is 0 Å². The van der Waals surface area contributed by atoms with Gasteiger partial charge in [0.25, 0.3) is 0 Å². The fourth-order valence-corrected chi connectivity index (χ4v) is 4.76. The molecule has 3 aliphatic rings. The average molecular weight is 365 g/mol. The number of hydrogen-bond donors (Lipinski definition) is 4. The summed E-state index contributed by atoms with van der Waals surface area (Å²) in [5.41, 5.74) is 7.57. The van der Waals surface area contributed by atoms with Crippen molar-refractivity contribution in [2.45, 2.75) is 43.9 Å². The summed E-state index contributed by atoms with van der Waals surface area (Å²) >= 11 is 5.99. The summed E-state index contributed by atoms with van der Waals surface area (Å²) in [7, 11) is 0. The second kappa shape index (κ2) is 7.11. The van der Waals surface area contributed by atoms with E-state index in [4.69, 9.17) is 11.6 Å². The molecule has 5 atom stereocenters. The molecule has 25 heavy (non-hydrogen) atoms. The molecule has 6 nitrogen and oxygen atoms in total. The quantitative estimate of drug-likeness (QED) is 0.649. The van der Waals surface area contributed by atoms with E-state index in [0.717, 1.165) is 44.5 Å². The molecule has 5 unspecified atom stereocenters. The Morgan fingerprint density at radius 3 is 2.92 bits per heavy atom. The van der Waals surface area contributed by atoms with Crippen molar-refractivity contribution in [3.05, 3.63) is 29.3 Å². The van der Waals surface area contributed by atoms with Crippen LogP contribution in [0.5, 0.6) is 0 Å². The summed E-state index contributed by atoms with van der Waals surface area (Å²) in [5, 5.41) is 13.4. The second-order valence-corrected chi connectivity index (χ2v) is 7.92. The third kappa shape index (κ3) is 3.62. The number of amides is 2. The van der Waals surface area contributed by atoms with Gasteiger partial charge in [0.1, 0.15) is 0 Å². The van der Waals surface area contributed by atoms with Gasteiger partial charge >= 0.3 is 6.03 Å². The zero-order valence-electron chi connectivity index (χ0n) is 14.1. The van der Waals surface area contributed by atoms with Crippen LogP contribution in [0.15, 0.2) is 24.3 Å². The first-order chi connectivity index (χ1) is 12.1. The maximum atomic E-state index is 12.6. The number of hydrogen-bond acceptors (Lipinski definition) is 4. The molecule has 0 bridgehead atoms. The van der Waals surface area contributed by atoms with Crippen molar-refractivity contribution in [1.82, 2.24) is 15.8 Å². The normalized spacial score (nSPS) is 34.8. The highest BCUT2D eigenvalue weighted by molar-refractivity contribution is 6.30. The smallest absolute Gasteiger partial charge is 0.321 e. The van der Waals surface area contributed by atoms with Crippen LogP contribution in [0, 0.1) is 11.8 Å². The number of likely N-dealkylation sites (tertiary alicyclic amines) is 1. The van der Waals surface area contributed by atoms with Crippen LogP contribution in [0.2, 0.25) is 5.02 Å². The molecule has 4 N–H and O–H groups in total. The van der Waals surface area contributed by atoms with E-state index in [2.05, 4.69) is 16.2 Å². The minimum atomic E-state index is -0.170. The number of nitrogens with one attached hydrogen (secondary N) is 3. The van der Waals surface area contributed by atoms with E-state index in [0.29, 0.717) is 28.9 Å². The lowest BCUT2D eigenvalue weighted by Gasteiger charge is -2.37. The molecular weight excluding hydrogens is 340 g/mol. The molecule has 7 heteroatoms. The molecule has 4 rings (SSSR count). The minimum absolute atomic E-state index is 0.0715. The van der Waals surface area contributed by atoms with Crippen LogP contribution >= 0.6 is 11.6 Å². The summed E-state index contributed by atoms with van der Waals surface area (Å²) in [4.78, 5) is 14.5. The Hall–Kier alpha value is -1.34. The Bertz CT molecular complexity index is 643. The molecule has 1 aromatic carbocycles. The number of rotatable bonds is 2. The van der Waals surface area contributed by atoms with Crippen LogP contribution < -0.4 is 16.2 Å². The van der Waals surface area contributed by atoms with Gasteiger partial charge in [-0.2, -0.15) is 0 Å². The topological polar surface area (TPSA) is 76.6 Å². The zero-order valence-corrected chi connectivity index (χ0v) is 14.9. The minimum Gasteiger partial charge on any atom is -0.393 e. The predicted molar refractivity (Wildman–Crippen MR) is 97.3 cm³/mol. The number of halogens is 1. The van der Waals surface area contributed by atoms with Crippen LogP contribution in [0.25, 0.3) is 0 Å². The number of fused-ring (bicyclic) bond motifs is 1. The number of piperidine rings is 1. The number of aliphatic hydroxyl groups excluding tert-OH is 1. The first-order valence-corrected chi connectivity index (χ1v) is 9.48. The fraction of sp³-hybridized carbons (Fsp3) is 0.611. The zero-order chi connectivity index (χ0) is 17.4. The van der Waals surface area contributed by atoms with Crippen LogP contribution in [0.4, 0.5) is 10.5 Å². The number of hydrazine groups is 1. The van der Waals surface area contributed by atoms with Gasteiger partial charge in [-0.15, -0.1) is 0 Å². The van der Waals surface area contributed by atoms with Gasteiger partial charge in [-0.1, -0.05) is 17.7 Å². The highest BCUT2D eigenvalue weighted by Crippen LogP contribution is 2.36. The standard InChI is InChI=1S/C18H25ClN4O2/c19-12-2-1-3-13(9-12)20-18(25)23-7-6-16-15(10-23)17(22-21-16)11-4-5-14(24)8-11/h1-3,9,11,14-17,21-22,24H,4-8,10H2,(H,20,25). The van der Waals surface area contributed by atoms with E-state index in [-0.39, 0.29) is 12.1 Å². The summed E-state index contributed by atoms with van der Waals surface area (Å²) < 4.78 is 0. The summed E-state index contributed by atoms with van der Waals surface area (Å²) in [5.74, 6) is 0.864. The van der Waals surface area contributed by atoms with Crippen LogP contribution in [0.3, 0.4) is 0 Å². The molecule has 2 aliphatic heterocycles. The van der Waals surface area contributed by atoms with Crippen molar-refractivity contribution in [3.8, 4) is 0 Å². The molecule has 1 aliphatic carbocycles. The van der Waals surface area contributed by atoms with Crippen LogP contribution in [0.1, 0.15) is 25.7 Å². The van der Waals surface area contributed by atoms with Crippen molar-refractivity contribution < 1.29 is 9.90 Å². The molecule has 0 radical (unpaired) electrons. The number of aliphatic hydroxyl groups is 1. The largest absolute Gasteiger partial charge is 0.393 e. The van der Waals surface area contributed by atoms with E-state index < -0.39 is 0 Å². The Morgan fingerprint density at radius 2 is 2.16 bits per heavy atom. The Labute approximate surface area is 152 Å². The molecule has 1 saturated carbocycles. The van der Waals surface area contributed by atoms with Gasteiger partial charge < -0.3 is 15.3 Å². The van der Waals surface area contributed by atoms with E-state index in [1.807, 2.05) is 17.0 Å². The van der Waals surface area contributed by atoms with Gasteiger partial charge in [-0.25, -0.2) is 4.79 Å². The third-order valence-electron chi connectivity index (χ3n) is 5.87. The number of carbonyl (C=O) groups is 1. The first kappa shape index (κ1) is 17.1. The van der Waals surface area contributed by atoms with Gasteiger partial charge in [0.05, 0.1) is 6.10 Å². The number of urea groups is 1. The molecule has 0 aromatic heterocycles. The summed E-state index contributed by atoms with van der Waals surface area (Å²) in [6.07, 6.45) is 3.57. The molecular formula is C18H25ClN4O2. The lowest BCUT2D eigenvalue weighted by molar-refractivity contribution is 0.146. The summed E-state index contributed by atoms with van der Waals surface area (Å²) in [6, 6.07) is 7.88. The fourth-order valence-electron chi connectivity index (χ4n) is 4.57.